The molecule has 104 valence electrons. The molecule has 1 rings (SSSR count). The maximum Gasteiger partial charge on any atom is 0.242 e. The van der Waals surface area contributed by atoms with Crippen LogP contribution in [-0.2, 0) is 11.3 Å². The molecule has 0 bridgehead atoms. The highest BCUT2D eigenvalue weighted by atomic mass is 32.2. The smallest absolute Gasteiger partial charge is 0.242 e. The fourth-order valence-electron chi connectivity index (χ4n) is 1.62. The van der Waals surface area contributed by atoms with E-state index < -0.39 is 11.8 Å². The van der Waals surface area contributed by atoms with Crippen LogP contribution in [0.4, 0.5) is 0 Å². The van der Waals surface area contributed by atoms with Crippen molar-refractivity contribution in [2.24, 2.45) is 5.92 Å². The summed E-state index contributed by atoms with van der Waals surface area (Å²) in [5.74, 6) is -1.67. The average Bonchev–Trinajstić information content (AvgIpc) is 2.54. The minimum absolute atomic E-state index is 0.174. The second kappa shape index (κ2) is 8.43. The molecule has 0 spiro atoms. The SMILES string of the molecule is CSC(=C(C#N)C#N)C(C#N)C(=O)NCc1ccccc1. The summed E-state index contributed by atoms with van der Waals surface area (Å²) >= 11 is 1.06. The van der Waals surface area contributed by atoms with Crippen LogP contribution in [0, 0.1) is 39.9 Å². The van der Waals surface area contributed by atoms with Gasteiger partial charge in [-0.15, -0.1) is 11.8 Å². The van der Waals surface area contributed by atoms with Gasteiger partial charge in [0.2, 0.25) is 5.91 Å². The highest BCUT2D eigenvalue weighted by Gasteiger charge is 2.25. The summed E-state index contributed by atoms with van der Waals surface area (Å²) in [6, 6.07) is 14.5. The predicted octanol–water partition coefficient (Wildman–Crippen LogP) is 2.11. The Kier molecular flexibility index (Phi) is 6.54. The Bertz CT molecular complexity index is 646. The molecule has 6 heteroatoms. The number of nitrogens with one attached hydrogen (secondary N) is 1. The van der Waals surface area contributed by atoms with Crippen molar-refractivity contribution in [2.45, 2.75) is 6.54 Å². The molecule has 0 aliphatic carbocycles. The molecule has 1 unspecified atom stereocenters. The van der Waals surface area contributed by atoms with Crippen LogP contribution in [0.2, 0.25) is 0 Å². The molecule has 0 heterocycles. The summed E-state index contributed by atoms with van der Waals surface area (Å²) in [7, 11) is 0. The van der Waals surface area contributed by atoms with E-state index >= 15 is 0 Å². The fourth-order valence-corrected chi connectivity index (χ4v) is 2.31. The third kappa shape index (κ3) is 4.38. The Hall–Kier alpha value is -2.75. The number of benzene rings is 1. The van der Waals surface area contributed by atoms with Crippen LogP contribution in [0.15, 0.2) is 40.8 Å². The van der Waals surface area contributed by atoms with Crippen molar-refractivity contribution >= 4 is 17.7 Å². The summed E-state index contributed by atoms with van der Waals surface area (Å²) in [5.41, 5.74) is 0.696. The summed E-state index contributed by atoms with van der Waals surface area (Å²) in [6.07, 6.45) is 1.62. The van der Waals surface area contributed by atoms with Gasteiger partial charge in [-0.25, -0.2) is 0 Å². The molecule has 0 aliphatic rings. The van der Waals surface area contributed by atoms with Gasteiger partial charge in [-0.05, 0) is 11.8 Å². The van der Waals surface area contributed by atoms with Crippen molar-refractivity contribution in [2.75, 3.05) is 6.26 Å². The molecule has 0 saturated heterocycles. The number of carbonyl (C=O) groups excluding carboxylic acids is 1. The van der Waals surface area contributed by atoms with E-state index in [1.807, 2.05) is 36.4 Å². The summed E-state index contributed by atoms with van der Waals surface area (Å²) in [5, 5.41) is 29.6. The molecule has 1 N–H and O–H groups in total. The van der Waals surface area contributed by atoms with Crippen molar-refractivity contribution in [1.29, 1.82) is 15.8 Å². The van der Waals surface area contributed by atoms with Crippen molar-refractivity contribution in [1.82, 2.24) is 5.32 Å². The van der Waals surface area contributed by atoms with Crippen LogP contribution < -0.4 is 5.32 Å². The average molecular weight is 296 g/mol. The zero-order valence-corrected chi connectivity index (χ0v) is 12.1. The van der Waals surface area contributed by atoms with E-state index in [2.05, 4.69) is 5.32 Å². The molecular formula is C15H12N4OS. The maximum absolute atomic E-state index is 12.1. The van der Waals surface area contributed by atoms with Crippen molar-refractivity contribution in [3.05, 3.63) is 46.4 Å². The number of hydrogen-bond donors (Lipinski definition) is 1. The van der Waals surface area contributed by atoms with Crippen LogP contribution in [0.25, 0.3) is 0 Å². The number of rotatable bonds is 5. The van der Waals surface area contributed by atoms with Gasteiger partial charge >= 0.3 is 0 Å². The van der Waals surface area contributed by atoms with Crippen molar-refractivity contribution < 1.29 is 4.79 Å². The van der Waals surface area contributed by atoms with Gasteiger partial charge < -0.3 is 5.32 Å². The third-order valence-corrected chi connectivity index (χ3v) is 3.53. The summed E-state index contributed by atoms with van der Waals surface area (Å²) in [4.78, 5) is 12.3. The Morgan fingerprint density at radius 1 is 1.24 bits per heavy atom. The fraction of sp³-hybridized carbons (Fsp3) is 0.200. The molecule has 21 heavy (non-hydrogen) atoms. The molecule has 0 aliphatic heterocycles. The monoisotopic (exact) mass is 296 g/mol. The number of nitrogens with zero attached hydrogens (tertiary/aromatic N) is 3. The van der Waals surface area contributed by atoms with Gasteiger partial charge in [0.05, 0.1) is 6.07 Å². The normalized spacial score (nSPS) is 10.4. The maximum atomic E-state index is 12.1. The second-order valence-electron chi connectivity index (χ2n) is 3.93. The van der Waals surface area contributed by atoms with E-state index in [4.69, 9.17) is 15.8 Å². The minimum atomic E-state index is -1.15. The first-order valence-electron chi connectivity index (χ1n) is 5.97. The molecular weight excluding hydrogens is 284 g/mol. The highest BCUT2D eigenvalue weighted by molar-refractivity contribution is 8.02. The van der Waals surface area contributed by atoms with E-state index in [0.717, 1.165) is 17.3 Å². The van der Waals surface area contributed by atoms with Crippen molar-refractivity contribution in [3.8, 4) is 18.2 Å². The molecule has 0 aromatic heterocycles. The number of hydrogen-bond acceptors (Lipinski definition) is 5. The molecule has 0 fully saturated rings. The summed E-state index contributed by atoms with van der Waals surface area (Å²) in [6.45, 7) is 0.286. The quantitative estimate of drug-likeness (QED) is 0.839. The molecule has 1 aromatic carbocycles. The number of amides is 1. The van der Waals surface area contributed by atoms with Gasteiger partial charge in [0, 0.05) is 11.4 Å². The van der Waals surface area contributed by atoms with Crippen LogP contribution in [0.3, 0.4) is 0 Å². The second-order valence-corrected chi connectivity index (χ2v) is 4.78. The zero-order chi connectivity index (χ0) is 15.7. The van der Waals surface area contributed by atoms with E-state index in [1.54, 1.807) is 18.4 Å². The van der Waals surface area contributed by atoms with E-state index in [0.29, 0.717) is 0 Å². The Labute approximate surface area is 127 Å². The van der Waals surface area contributed by atoms with Gasteiger partial charge in [0.25, 0.3) is 0 Å². The highest BCUT2D eigenvalue weighted by Crippen LogP contribution is 2.25. The number of nitriles is 3. The number of thioether (sulfide) groups is 1. The van der Waals surface area contributed by atoms with Gasteiger partial charge in [-0.2, -0.15) is 15.8 Å². The number of allylic oxidation sites excluding steroid dienone is 1. The van der Waals surface area contributed by atoms with Gasteiger partial charge in [-0.1, -0.05) is 30.3 Å². The molecule has 0 radical (unpaired) electrons. The molecule has 5 nitrogen and oxygen atoms in total. The zero-order valence-electron chi connectivity index (χ0n) is 11.3. The van der Waals surface area contributed by atoms with Gasteiger partial charge in [-0.3, -0.25) is 4.79 Å². The lowest BCUT2D eigenvalue weighted by Gasteiger charge is -2.12. The largest absolute Gasteiger partial charge is 0.351 e. The lowest BCUT2D eigenvalue weighted by molar-refractivity contribution is -0.122. The van der Waals surface area contributed by atoms with Crippen molar-refractivity contribution in [3.63, 3.8) is 0 Å². The van der Waals surface area contributed by atoms with Crippen LogP contribution in [0.1, 0.15) is 5.56 Å². The Morgan fingerprint density at radius 2 is 1.86 bits per heavy atom. The van der Waals surface area contributed by atoms with Crippen LogP contribution >= 0.6 is 11.8 Å². The van der Waals surface area contributed by atoms with E-state index in [-0.39, 0.29) is 17.0 Å². The molecule has 0 saturated carbocycles. The topological polar surface area (TPSA) is 100 Å². The van der Waals surface area contributed by atoms with E-state index in [9.17, 15) is 4.79 Å². The summed E-state index contributed by atoms with van der Waals surface area (Å²) < 4.78 is 0. The standard InChI is InChI=1S/C15H12N4OS/c1-21-14(12(7-16)8-17)13(9-18)15(20)19-10-11-5-3-2-4-6-11/h2-6,13H,10H2,1H3,(H,19,20). The first-order chi connectivity index (χ1) is 10.2. The van der Waals surface area contributed by atoms with Crippen LogP contribution in [-0.4, -0.2) is 12.2 Å². The first kappa shape index (κ1) is 16.3. The number of carbonyl (C=O) groups is 1. The molecule has 1 amide bonds. The first-order valence-corrected chi connectivity index (χ1v) is 7.20. The molecule has 1 atom stereocenters. The lowest BCUT2D eigenvalue weighted by Crippen LogP contribution is -2.30. The molecule has 1 aromatic rings. The van der Waals surface area contributed by atoms with E-state index in [1.165, 1.54) is 0 Å². The van der Waals surface area contributed by atoms with Gasteiger partial charge in [0.1, 0.15) is 17.7 Å². The lowest BCUT2D eigenvalue weighted by atomic mass is 10.1. The van der Waals surface area contributed by atoms with Gasteiger partial charge in [0.15, 0.2) is 5.92 Å². The van der Waals surface area contributed by atoms with Crippen LogP contribution in [0.5, 0.6) is 0 Å². The Balaban J connectivity index is 2.88. The minimum Gasteiger partial charge on any atom is -0.351 e. The Morgan fingerprint density at radius 3 is 2.33 bits per heavy atom. The third-order valence-electron chi connectivity index (χ3n) is 2.65. The predicted molar refractivity (Wildman–Crippen MR) is 79.2 cm³/mol.